The van der Waals surface area contributed by atoms with Gasteiger partial charge in [-0.15, -0.1) is 0 Å². The molecule has 0 saturated carbocycles. The smallest absolute Gasteiger partial charge is 0.227 e. The van der Waals surface area contributed by atoms with Crippen LogP contribution < -0.4 is 4.90 Å². The summed E-state index contributed by atoms with van der Waals surface area (Å²) < 4.78 is 2.32. The maximum atomic E-state index is 11.9. The fourth-order valence-electron chi connectivity index (χ4n) is 3.70. The number of likely N-dealkylation sites (N-methyl/N-ethyl adjacent to an activating group) is 1. The molecule has 0 aliphatic carbocycles. The first-order valence-corrected chi connectivity index (χ1v) is 9.16. The predicted molar refractivity (Wildman–Crippen MR) is 108 cm³/mol. The van der Waals surface area contributed by atoms with Crippen molar-refractivity contribution in [2.45, 2.75) is 19.4 Å². The summed E-state index contributed by atoms with van der Waals surface area (Å²) in [5.74, 6) is 0.199. The van der Waals surface area contributed by atoms with Gasteiger partial charge < -0.3 is 14.4 Å². The molecule has 3 aromatic rings. The molecule has 0 atom stereocenters. The third-order valence-corrected chi connectivity index (χ3v) is 5.32. The highest BCUT2D eigenvalue weighted by Crippen LogP contribution is 2.32. The molecule has 0 unspecified atom stereocenters. The number of carbonyl (C=O) groups is 1. The molecule has 0 fully saturated rings. The number of nitrogens with zero attached hydrogens (tertiary/aromatic N) is 3. The van der Waals surface area contributed by atoms with Crippen molar-refractivity contribution in [2.24, 2.45) is 0 Å². The molecule has 1 amide bonds. The van der Waals surface area contributed by atoms with Crippen LogP contribution in [0.25, 0.3) is 22.0 Å². The molecule has 0 spiro atoms. The highest BCUT2D eigenvalue weighted by atomic mass is 16.2. The Kier molecular flexibility index (Phi) is 4.29. The molecule has 0 radical (unpaired) electrons. The van der Waals surface area contributed by atoms with Gasteiger partial charge in [-0.3, -0.25) is 4.79 Å². The zero-order valence-corrected chi connectivity index (χ0v) is 15.7. The Balaban J connectivity index is 1.70. The third kappa shape index (κ3) is 3.01. The predicted octanol–water partition coefficient (Wildman–Crippen LogP) is 3.78. The van der Waals surface area contributed by atoms with E-state index in [9.17, 15) is 4.79 Å². The number of fused-ring (bicyclic) bond motifs is 2. The molecular formula is C22H25N3O. The van der Waals surface area contributed by atoms with Crippen molar-refractivity contribution in [3.8, 4) is 11.1 Å². The Bertz CT molecular complexity index is 971. The van der Waals surface area contributed by atoms with Gasteiger partial charge in [-0.05, 0) is 66.9 Å². The van der Waals surface area contributed by atoms with Gasteiger partial charge >= 0.3 is 0 Å². The lowest BCUT2D eigenvalue weighted by Crippen LogP contribution is -2.30. The number of hydrogen-bond donors (Lipinski definition) is 0. The summed E-state index contributed by atoms with van der Waals surface area (Å²) in [6.07, 6.45) is 3.60. The number of anilines is 1. The number of amides is 1. The van der Waals surface area contributed by atoms with E-state index in [0.29, 0.717) is 6.42 Å². The molecule has 1 aromatic heterocycles. The van der Waals surface area contributed by atoms with E-state index in [1.54, 1.807) is 4.90 Å². The Labute approximate surface area is 154 Å². The van der Waals surface area contributed by atoms with E-state index in [1.807, 2.05) is 7.05 Å². The van der Waals surface area contributed by atoms with Crippen molar-refractivity contribution < 1.29 is 4.79 Å². The second-order valence-electron chi connectivity index (χ2n) is 7.38. The maximum Gasteiger partial charge on any atom is 0.227 e. The average Bonchev–Trinajstić information content (AvgIpc) is 3.05. The second kappa shape index (κ2) is 6.61. The van der Waals surface area contributed by atoms with E-state index in [4.69, 9.17) is 0 Å². The fourth-order valence-corrected chi connectivity index (χ4v) is 3.70. The first-order valence-electron chi connectivity index (χ1n) is 9.16. The van der Waals surface area contributed by atoms with Crippen molar-refractivity contribution in [2.75, 3.05) is 32.6 Å². The van der Waals surface area contributed by atoms with Gasteiger partial charge in [0.05, 0.1) is 0 Å². The van der Waals surface area contributed by atoms with Gasteiger partial charge in [0.15, 0.2) is 0 Å². The van der Waals surface area contributed by atoms with E-state index < -0.39 is 0 Å². The molecule has 0 saturated heterocycles. The van der Waals surface area contributed by atoms with Gasteiger partial charge in [0.2, 0.25) is 5.91 Å². The van der Waals surface area contributed by atoms with E-state index in [2.05, 4.69) is 72.2 Å². The second-order valence-corrected chi connectivity index (χ2v) is 7.38. The van der Waals surface area contributed by atoms with Crippen molar-refractivity contribution in [1.29, 1.82) is 0 Å². The van der Waals surface area contributed by atoms with Gasteiger partial charge in [-0.2, -0.15) is 0 Å². The molecular weight excluding hydrogens is 322 g/mol. The number of aromatic nitrogens is 1. The summed E-state index contributed by atoms with van der Waals surface area (Å²) in [7, 11) is 6.07. The molecule has 1 aliphatic rings. The summed E-state index contributed by atoms with van der Waals surface area (Å²) >= 11 is 0. The highest BCUT2D eigenvalue weighted by molar-refractivity contribution is 5.96. The van der Waals surface area contributed by atoms with E-state index in [0.717, 1.165) is 25.2 Å². The molecule has 0 bridgehead atoms. The van der Waals surface area contributed by atoms with Crippen LogP contribution in [-0.2, 0) is 17.8 Å². The first kappa shape index (κ1) is 16.9. The van der Waals surface area contributed by atoms with Crippen LogP contribution >= 0.6 is 0 Å². The molecule has 2 heterocycles. The lowest BCUT2D eigenvalue weighted by molar-refractivity contribution is -0.118. The zero-order chi connectivity index (χ0) is 18.3. The van der Waals surface area contributed by atoms with Crippen LogP contribution in [0.1, 0.15) is 12.0 Å². The summed E-state index contributed by atoms with van der Waals surface area (Å²) in [5, 5.41) is 1.27. The molecule has 4 nitrogen and oxygen atoms in total. The summed E-state index contributed by atoms with van der Waals surface area (Å²) in [6.45, 7) is 2.00. The SMILES string of the molecule is CN(C)CCn1ccc2ccc(-c3ccc4c(c3)CCC(=O)N4C)cc21. The molecule has 0 N–H and O–H groups in total. The van der Waals surface area contributed by atoms with Crippen LogP contribution in [0, 0.1) is 0 Å². The van der Waals surface area contributed by atoms with E-state index in [-0.39, 0.29) is 5.91 Å². The summed E-state index contributed by atoms with van der Waals surface area (Å²) in [5.41, 5.74) is 6.01. The topological polar surface area (TPSA) is 28.5 Å². The quantitative estimate of drug-likeness (QED) is 0.718. The Morgan fingerprint density at radius 1 is 1.00 bits per heavy atom. The van der Waals surface area contributed by atoms with Gasteiger partial charge in [-0.25, -0.2) is 0 Å². The first-order chi connectivity index (χ1) is 12.5. The van der Waals surface area contributed by atoms with Crippen molar-refractivity contribution in [3.05, 3.63) is 54.2 Å². The minimum Gasteiger partial charge on any atom is -0.346 e. The van der Waals surface area contributed by atoms with Gasteiger partial charge in [0.1, 0.15) is 0 Å². The Hall–Kier alpha value is -2.59. The number of hydrogen-bond acceptors (Lipinski definition) is 2. The van der Waals surface area contributed by atoms with Crippen LogP contribution in [0.15, 0.2) is 48.7 Å². The molecule has 2 aromatic carbocycles. The largest absolute Gasteiger partial charge is 0.346 e. The minimum atomic E-state index is 0.199. The fraction of sp³-hybridized carbons (Fsp3) is 0.318. The lowest BCUT2D eigenvalue weighted by atomic mass is 9.96. The molecule has 4 rings (SSSR count). The van der Waals surface area contributed by atoms with Gasteiger partial charge in [0.25, 0.3) is 0 Å². The van der Waals surface area contributed by atoms with Crippen molar-refractivity contribution in [3.63, 3.8) is 0 Å². The standard InChI is InChI=1S/C22H25N3O/c1-23(2)12-13-25-11-10-16-4-5-18(15-21(16)25)17-6-8-20-19(14-17)7-9-22(26)24(20)3/h4-6,8,10-11,14-15H,7,9,12-13H2,1-3H3. The molecule has 4 heteroatoms. The van der Waals surface area contributed by atoms with Crippen LogP contribution in [0.4, 0.5) is 5.69 Å². The Morgan fingerprint density at radius 3 is 2.58 bits per heavy atom. The summed E-state index contributed by atoms with van der Waals surface area (Å²) in [6, 6.07) is 15.3. The van der Waals surface area contributed by atoms with Crippen molar-refractivity contribution in [1.82, 2.24) is 9.47 Å². The minimum absolute atomic E-state index is 0.199. The van der Waals surface area contributed by atoms with E-state index in [1.165, 1.54) is 27.6 Å². The summed E-state index contributed by atoms with van der Waals surface area (Å²) in [4.78, 5) is 15.9. The van der Waals surface area contributed by atoms with Crippen LogP contribution in [0.2, 0.25) is 0 Å². The van der Waals surface area contributed by atoms with Crippen LogP contribution in [0.3, 0.4) is 0 Å². The number of aryl methyl sites for hydroxylation is 1. The van der Waals surface area contributed by atoms with Gasteiger partial charge in [-0.1, -0.05) is 18.2 Å². The Morgan fingerprint density at radius 2 is 1.77 bits per heavy atom. The lowest BCUT2D eigenvalue weighted by Gasteiger charge is -2.26. The monoisotopic (exact) mass is 347 g/mol. The number of carbonyl (C=O) groups excluding carboxylic acids is 1. The van der Waals surface area contributed by atoms with Gasteiger partial charge in [0, 0.05) is 44.0 Å². The number of benzene rings is 2. The van der Waals surface area contributed by atoms with Crippen LogP contribution in [-0.4, -0.2) is 43.1 Å². The third-order valence-electron chi connectivity index (χ3n) is 5.32. The average molecular weight is 347 g/mol. The maximum absolute atomic E-state index is 11.9. The molecule has 1 aliphatic heterocycles. The molecule has 26 heavy (non-hydrogen) atoms. The van der Waals surface area contributed by atoms with Crippen LogP contribution in [0.5, 0.6) is 0 Å². The van der Waals surface area contributed by atoms with E-state index >= 15 is 0 Å². The zero-order valence-electron chi connectivity index (χ0n) is 15.7. The van der Waals surface area contributed by atoms with Crippen molar-refractivity contribution >= 4 is 22.5 Å². The molecule has 134 valence electrons. The highest BCUT2D eigenvalue weighted by Gasteiger charge is 2.21. The normalized spacial score (nSPS) is 14.3. The number of rotatable bonds is 4.